The number of halogens is 1. The number of aliphatic hydroxyl groups excluding tert-OH is 1. The molecule has 1 aromatic heterocycles. The van der Waals surface area contributed by atoms with E-state index < -0.39 is 23.8 Å². The van der Waals surface area contributed by atoms with Crippen LogP contribution in [0.5, 0.6) is 0 Å². The summed E-state index contributed by atoms with van der Waals surface area (Å²) in [5, 5.41) is 16.9. The summed E-state index contributed by atoms with van der Waals surface area (Å²) in [6.07, 6.45) is -0.664. The normalized spacial score (nSPS) is 13.4. The first-order chi connectivity index (χ1) is 11.7. The van der Waals surface area contributed by atoms with Crippen LogP contribution >= 0.6 is 0 Å². The molecule has 2 unspecified atom stereocenters. The van der Waals surface area contributed by atoms with Crippen molar-refractivity contribution >= 4 is 11.7 Å². The van der Waals surface area contributed by atoms with Gasteiger partial charge in [-0.2, -0.15) is 5.10 Å². The van der Waals surface area contributed by atoms with E-state index in [1.165, 1.54) is 24.3 Å². The van der Waals surface area contributed by atoms with E-state index in [2.05, 4.69) is 10.4 Å². The highest BCUT2D eigenvalue weighted by molar-refractivity contribution is 6.43. The Morgan fingerprint density at radius 3 is 2.40 bits per heavy atom. The molecule has 0 aliphatic rings. The number of carbonyl (C=O) groups excluding carboxylic acids is 2. The topological polar surface area (TPSA) is 84.2 Å². The summed E-state index contributed by atoms with van der Waals surface area (Å²) in [4.78, 5) is 24.6. The fourth-order valence-electron chi connectivity index (χ4n) is 2.72. The van der Waals surface area contributed by atoms with Crippen molar-refractivity contribution in [1.29, 1.82) is 0 Å². The van der Waals surface area contributed by atoms with Crippen LogP contribution in [-0.4, -0.2) is 32.6 Å². The van der Waals surface area contributed by atoms with E-state index >= 15 is 0 Å². The molecule has 0 spiro atoms. The molecule has 0 bridgehead atoms. The minimum atomic E-state index is -0.868. The van der Waals surface area contributed by atoms with Crippen LogP contribution in [0.4, 0.5) is 4.39 Å². The molecule has 2 atom stereocenters. The Labute approximate surface area is 145 Å². The maximum absolute atomic E-state index is 12.9. The average Bonchev–Trinajstić information content (AvgIpc) is 2.79. The number of benzene rings is 1. The third-order valence-electron chi connectivity index (χ3n) is 4.15. The number of Topliss-reactive ketones (excluding diaryl/α,β-unsaturated/α-hetero) is 1. The number of nitrogens with zero attached hydrogens (tertiary/aromatic N) is 2. The molecule has 7 heteroatoms. The molecule has 6 nitrogen and oxygen atoms in total. The van der Waals surface area contributed by atoms with Crippen LogP contribution in [0, 0.1) is 19.7 Å². The van der Waals surface area contributed by atoms with E-state index in [0.717, 1.165) is 0 Å². The Balaban J connectivity index is 1.99. The molecule has 2 rings (SSSR count). The molecular formula is C18H22FN3O3. The predicted molar refractivity (Wildman–Crippen MR) is 90.6 cm³/mol. The van der Waals surface area contributed by atoms with Crippen molar-refractivity contribution in [1.82, 2.24) is 15.1 Å². The van der Waals surface area contributed by atoms with Crippen molar-refractivity contribution in [2.45, 2.75) is 39.3 Å². The van der Waals surface area contributed by atoms with Gasteiger partial charge in [0.25, 0.3) is 11.7 Å². The second-order valence-corrected chi connectivity index (χ2v) is 6.18. The lowest BCUT2D eigenvalue weighted by Gasteiger charge is -2.18. The van der Waals surface area contributed by atoms with Crippen molar-refractivity contribution in [3.63, 3.8) is 0 Å². The molecule has 2 N–H and O–H groups in total. The summed E-state index contributed by atoms with van der Waals surface area (Å²) >= 11 is 0. The summed E-state index contributed by atoms with van der Waals surface area (Å²) < 4.78 is 14.5. The van der Waals surface area contributed by atoms with E-state index in [-0.39, 0.29) is 12.2 Å². The number of rotatable bonds is 6. The van der Waals surface area contributed by atoms with Crippen molar-refractivity contribution in [3.8, 4) is 0 Å². The lowest BCUT2D eigenvalue weighted by Crippen LogP contribution is -2.38. The second kappa shape index (κ2) is 7.57. The Hall–Kier alpha value is -2.54. The molecule has 0 saturated heterocycles. The van der Waals surface area contributed by atoms with E-state index in [1.807, 2.05) is 0 Å². The number of amides is 1. The van der Waals surface area contributed by atoms with Gasteiger partial charge in [-0.3, -0.25) is 14.3 Å². The van der Waals surface area contributed by atoms with E-state index in [1.54, 1.807) is 32.5 Å². The number of aryl methyl sites for hydroxylation is 2. The number of aromatic nitrogens is 2. The number of carbonyl (C=O) groups is 2. The highest BCUT2D eigenvalue weighted by Gasteiger charge is 2.25. The molecule has 1 heterocycles. The van der Waals surface area contributed by atoms with Crippen LogP contribution in [0.3, 0.4) is 0 Å². The van der Waals surface area contributed by atoms with Gasteiger partial charge in [0.15, 0.2) is 0 Å². The molecule has 0 saturated carbocycles. The Morgan fingerprint density at radius 2 is 1.88 bits per heavy atom. The summed E-state index contributed by atoms with van der Waals surface area (Å²) in [6.45, 7) is 5.10. The van der Waals surface area contributed by atoms with Gasteiger partial charge in [-0.1, -0.05) is 12.1 Å². The molecule has 0 radical (unpaired) electrons. The molecule has 0 aliphatic heterocycles. The van der Waals surface area contributed by atoms with E-state index in [9.17, 15) is 19.1 Å². The lowest BCUT2D eigenvalue weighted by molar-refractivity contribution is -0.117. The smallest absolute Gasteiger partial charge is 0.292 e. The quantitative estimate of drug-likeness (QED) is 0.618. The van der Waals surface area contributed by atoms with Crippen LogP contribution in [0.15, 0.2) is 24.3 Å². The van der Waals surface area contributed by atoms with Crippen LogP contribution < -0.4 is 5.32 Å². The monoisotopic (exact) mass is 347 g/mol. The van der Waals surface area contributed by atoms with E-state index in [4.69, 9.17) is 0 Å². The number of hydrogen-bond acceptors (Lipinski definition) is 4. The fraction of sp³-hybridized carbons (Fsp3) is 0.389. The maximum Gasteiger partial charge on any atom is 0.292 e. The molecule has 0 aliphatic carbocycles. The van der Waals surface area contributed by atoms with Gasteiger partial charge >= 0.3 is 0 Å². The van der Waals surface area contributed by atoms with Crippen LogP contribution in [0.2, 0.25) is 0 Å². The van der Waals surface area contributed by atoms with Crippen LogP contribution in [0.1, 0.15) is 46.8 Å². The molecule has 0 fully saturated rings. The zero-order chi connectivity index (χ0) is 18.7. The first-order valence-corrected chi connectivity index (χ1v) is 7.99. The summed E-state index contributed by atoms with van der Waals surface area (Å²) in [6, 6.07) is 5.07. The van der Waals surface area contributed by atoms with Gasteiger partial charge in [0.2, 0.25) is 0 Å². The highest BCUT2D eigenvalue weighted by atomic mass is 19.1. The van der Waals surface area contributed by atoms with Crippen LogP contribution in [-0.2, 0) is 11.8 Å². The van der Waals surface area contributed by atoms with Crippen molar-refractivity contribution in [2.75, 3.05) is 0 Å². The Morgan fingerprint density at radius 1 is 1.28 bits per heavy atom. The number of hydrogen-bond donors (Lipinski definition) is 2. The second-order valence-electron chi connectivity index (χ2n) is 6.18. The van der Waals surface area contributed by atoms with E-state index in [0.29, 0.717) is 22.5 Å². The minimum Gasteiger partial charge on any atom is -0.388 e. The van der Waals surface area contributed by atoms with Crippen LogP contribution in [0.25, 0.3) is 0 Å². The standard InChI is InChI=1S/C18H22FN3O3/c1-10(9-15(23)13-5-7-14(19)8-6-13)20-18(25)17(24)16-11(2)21-22(4)12(16)3/h5-8,10,15,23H,9H2,1-4H3,(H,20,25). The Kier molecular flexibility index (Phi) is 5.69. The van der Waals surface area contributed by atoms with Crippen molar-refractivity contribution in [3.05, 3.63) is 52.6 Å². The Bertz CT molecular complexity index is 784. The van der Waals surface area contributed by atoms with Gasteiger partial charge in [0.05, 0.1) is 17.4 Å². The zero-order valence-corrected chi connectivity index (χ0v) is 14.7. The largest absolute Gasteiger partial charge is 0.388 e. The molecule has 134 valence electrons. The lowest BCUT2D eigenvalue weighted by atomic mass is 10.0. The van der Waals surface area contributed by atoms with Gasteiger partial charge in [-0.05, 0) is 44.9 Å². The number of nitrogens with one attached hydrogen (secondary N) is 1. The van der Waals surface area contributed by atoms with Gasteiger partial charge in [0.1, 0.15) is 5.82 Å². The molecule has 1 aromatic carbocycles. The number of aliphatic hydroxyl groups is 1. The maximum atomic E-state index is 12.9. The minimum absolute atomic E-state index is 0.204. The third kappa shape index (κ3) is 4.30. The van der Waals surface area contributed by atoms with Gasteiger partial charge in [0, 0.05) is 18.8 Å². The van der Waals surface area contributed by atoms with Crippen molar-refractivity contribution in [2.24, 2.45) is 7.05 Å². The summed E-state index contributed by atoms with van der Waals surface area (Å²) in [5.41, 5.74) is 1.97. The fourth-order valence-corrected chi connectivity index (χ4v) is 2.72. The summed E-state index contributed by atoms with van der Waals surface area (Å²) in [5.74, 6) is -1.77. The predicted octanol–water partition coefficient (Wildman–Crippen LogP) is 1.99. The van der Waals surface area contributed by atoms with Gasteiger partial charge < -0.3 is 10.4 Å². The van der Waals surface area contributed by atoms with Crippen molar-refractivity contribution < 1.29 is 19.1 Å². The average molecular weight is 347 g/mol. The first-order valence-electron chi connectivity index (χ1n) is 7.99. The van der Waals surface area contributed by atoms with Gasteiger partial charge in [-0.25, -0.2) is 4.39 Å². The molecule has 25 heavy (non-hydrogen) atoms. The van der Waals surface area contributed by atoms with Gasteiger partial charge in [-0.15, -0.1) is 0 Å². The SMILES string of the molecule is Cc1nn(C)c(C)c1C(=O)C(=O)NC(C)CC(O)c1ccc(F)cc1. The molecule has 2 aromatic rings. The first kappa shape index (κ1) is 18.8. The number of ketones is 1. The third-order valence-corrected chi connectivity index (χ3v) is 4.15. The molecular weight excluding hydrogens is 325 g/mol. The zero-order valence-electron chi connectivity index (χ0n) is 14.7. The highest BCUT2D eigenvalue weighted by Crippen LogP contribution is 2.19. The molecule has 1 amide bonds. The summed E-state index contributed by atoms with van der Waals surface area (Å²) in [7, 11) is 1.71.